The number of amides is 2. The molecular formula is C27H43N5O6S. The van der Waals surface area contributed by atoms with Crippen LogP contribution in [-0.4, -0.2) is 67.8 Å². The number of nitrogens with zero attached hydrogens (tertiary/aromatic N) is 2. The summed E-state index contributed by atoms with van der Waals surface area (Å²) in [5.74, 6) is 2.01. The van der Waals surface area contributed by atoms with Crippen molar-refractivity contribution in [1.82, 2.24) is 25.1 Å². The molecule has 0 aliphatic heterocycles. The first-order chi connectivity index (χ1) is 18.2. The average molecular weight is 566 g/mol. The fourth-order valence-electron chi connectivity index (χ4n) is 6.60. The maximum Gasteiger partial charge on any atom is 0.407 e. The summed E-state index contributed by atoms with van der Waals surface area (Å²) in [7, 11) is -2.00. The van der Waals surface area contributed by atoms with Crippen LogP contribution in [-0.2, 0) is 14.8 Å². The maximum absolute atomic E-state index is 13.7. The van der Waals surface area contributed by atoms with E-state index in [1.54, 1.807) is 12.3 Å². The van der Waals surface area contributed by atoms with Crippen molar-refractivity contribution in [2.45, 2.75) is 77.4 Å². The fraction of sp³-hybridized carbons (Fsp3) is 0.741. The molecule has 3 bridgehead atoms. The lowest BCUT2D eigenvalue weighted by Crippen LogP contribution is -2.49. The monoisotopic (exact) mass is 565 g/mol. The van der Waals surface area contributed by atoms with Crippen molar-refractivity contribution in [3.63, 3.8) is 0 Å². The fourth-order valence-corrected chi connectivity index (χ4v) is 7.40. The number of ether oxygens (including phenoxy) is 2. The lowest BCUT2D eigenvalue weighted by atomic mass is 9.75. The number of sulfonamides is 1. The molecule has 0 spiro atoms. The van der Waals surface area contributed by atoms with Crippen molar-refractivity contribution in [3.05, 3.63) is 17.8 Å². The summed E-state index contributed by atoms with van der Waals surface area (Å²) in [6.07, 6.45) is 10.3. The van der Waals surface area contributed by atoms with Crippen LogP contribution in [0, 0.1) is 29.6 Å². The van der Waals surface area contributed by atoms with E-state index in [2.05, 4.69) is 20.5 Å². The Balaban J connectivity index is 1.54. The number of aromatic nitrogens is 2. The third-order valence-corrected chi connectivity index (χ3v) is 8.90. The number of hydrogen-bond donors (Lipinski definition) is 3. The molecule has 0 saturated heterocycles. The van der Waals surface area contributed by atoms with Crippen LogP contribution in [0.4, 0.5) is 4.79 Å². The Hall–Kier alpha value is -2.60. The van der Waals surface area contributed by atoms with Crippen LogP contribution in [0.3, 0.4) is 0 Å². The predicted octanol–water partition coefficient (Wildman–Crippen LogP) is 3.00. The molecule has 5 unspecified atom stereocenters. The Bertz CT molecular complexity index is 1190. The molecule has 2 amide bonds. The first-order valence-electron chi connectivity index (χ1n) is 13.8. The minimum atomic E-state index is -3.30. The number of hydrogen-bond acceptors (Lipinski definition) is 7. The normalized spacial score (nSPS) is 28.5. The van der Waals surface area contributed by atoms with Gasteiger partial charge in [-0.2, -0.15) is 5.10 Å². The van der Waals surface area contributed by atoms with Crippen LogP contribution in [0.15, 0.2) is 12.3 Å². The Morgan fingerprint density at radius 2 is 1.74 bits per heavy atom. The standard InChI is InChI=1S/C27H43N5O6S/c1-16(2)15-38-25-22(14-28-32(25)8-7-27(3,4)30-26(34)37-5)24(33)29-23-19-9-17-10-20(23)13-21(12-18(17)11-19)31-39(6,35)36/h7-8,14,16-21,23,31H,9-13,15H2,1-6H3,(H,29,33)(H,30,34)/b8-7+/t17?,18?,19?,20?,21?,23-/m0/s1. The van der Waals surface area contributed by atoms with E-state index in [0.29, 0.717) is 35.8 Å². The first kappa shape index (κ1) is 29.4. The Morgan fingerprint density at radius 3 is 2.36 bits per heavy atom. The van der Waals surface area contributed by atoms with Crippen molar-refractivity contribution in [2.24, 2.45) is 29.6 Å². The largest absolute Gasteiger partial charge is 0.477 e. The third kappa shape index (κ3) is 7.33. The molecule has 4 rings (SSSR count). The van der Waals surface area contributed by atoms with Gasteiger partial charge in [0.25, 0.3) is 5.91 Å². The highest BCUT2D eigenvalue weighted by atomic mass is 32.2. The molecule has 3 fully saturated rings. The van der Waals surface area contributed by atoms with E-state index in [1.165, 1.54) is 24.2 Å². The van der Waals surface area contributed by atoms with Crippen LogP contribution in [0.1, 0.15) is 70.2 Å². The summed E-state index contributed by atoms with van der Waals surface area (Å²) in [4.78, 5) is 25.4. The van der Waals surface area contributed by atoms with Crippen molar-refractivity contribution < 1.29 is 27.5 Å². The predicted molar refractivity (Wildman–Crippen MR) is 148 cm³/mol. The van der Waals surface area contributed by atoms with Gasteiger partial charge in [-0.05, 0) is 81.6 Å². The van der Waals surface area contributed by atoms with Gasteiger partial charge in [-0.1, -0.05) is 13.8 Å². The molecule has 0 radical (unpaired) electrons. The number of fused-ring (bicyclic) bond motifs is 2. The summed E-state index contributed by atoms with van der Waals surface area (Å²) in [5, 5.41) is 10.4. The number of methoxy groups -OCH3 is 1. The van der Waals surface area contributed by atoms with Crippen LogP contribution in [0.25, 0.3) is 6.20 Å². The Morgan fingerprint density at radius 1 is 1.13 bits per heavy atom. The second kappa shape index (κ2) is 11.5. The highest BCUT2D eigenvalue weighted by Crippen LogP contribution is 2.53. The van der Waals surface area contributed by atoms with Gasteiger partial charge >= 0.3 is 6.09 Å². The molecule has 218 valence electrons. The molecular weight excluding hydrogens is 522 g/mol. The minimum Gasteiger partial charge on any atom is -0.477 e. The second-order valence-electron chi connectivity index (χ2n) is 12.5. The molecule has 12 heteroatoms. The van der Waals surface area contributed by atoms with Gasteiger partial charge in [-0.15, -0.1) is 0 Å². The van der Waals surface area contributed by atoms with E-state index in [-0.39, 0.29) is 29.8 Å². The van der Waals surface area contributed by atoms with Gasteiger partial charge in [0.1, 0.15) is 5.56 Å². The number of carbonyl (C=O) groups is 2. The van der Waals surface area contributed by atoms with E-state index in [1.807, 2.05) is 27.7 Å². The molecule has 3 saturated carbocycles. The lowest BCUT2D eigenvalue weighted by molar-refractivity contribution is 0.0853. The molecule has 3 aliphatic carbocycles. The number of nitrogens with one attached hydrogen (secondary N) is 3. The molecule has 1 heterocycles. The van der Waals surface area contributed by atoms with E-state index >= 15 is 0 Å². The van der Waals surface area contributed by atoms with Crippen molar-refractivity contribution in [1.29, 1.82) is 0 Å². The first-order valence-corrected chi connectivity index (χ1v) is 15.7. The van der Waals surface area contributed by atoms with Gasteiger partial charge in [0.05, 0.1) is 31.7 Å². The number of carbonyl (C=O) groups excluding carboxylic acids is 2. The Labute approximate surface area is 231 Å². The van der Waals surface area contributed by atoms with Crippen LogP contribution in [0.2, 0.25) is 0 Å². The van der Waals surface area contributed by atoms with E-state index < -0.39 is 21.7 Å². The SMILES string of the molecule is COC(=O)NC(C)(C)/C=C/n1ncc(C(=O)N[C@@H]2C3CC(NS(C)(=O)=O)CC4CC2CC4C3)c1OCC(C)C. The summed E-state index contributed by atoms with van der Waals surface area (Å²) in [6.45, 7) is 8.08. The summed E-state index contributed by atoms with van der Waals surface area (Å²) >= 11 is 0. The molecule has 1 aromatic rings. The van der Waals surface area contributed by atoms with Gasteiger partial charge in [0.15, 0.2) is 0 Å². The zero-order valence-corrected chi connectivity index (χ0v) is 24.6. The van der Waals surface area contributed by atoms with Gasteiger partial charge in [-0.3, -0.25) is 4.79 Å². The second-order valence-corrected chi connectivity index (χ2v) is 14.3. The average Bonchev–Trinajstić information content (AvgIpc) is 3.34. The number of alkyl carbamates (subject to hydrolysis) is 1. The zero-order valence-electron chi connectivity index (χ0n) is 23.8. The molecule has 3 aliphatic rings. The van der Waals surface area contributed by atoms with Gasteiger partial charge < -0.3 is 20.1 Å². The van der Waals surface area contributed by atoms with Crippen LogP contribution < -0.4 is 20.1 Å². The van der Waals surface area contributed by atoms with E-state index in [4.69, 9.17) is 9.47 Å². The highest BCUT2D eigenvalue weighted by Gasteiger charge is 2.50. The molecule has 3 N–H and O–H groups in total. The summed E-state index contributed by atoms with van der Waals surface area (Å²) < 4.78 is 39.0. The minimum absolute atomic E-state index is 0.0251. The molecule has 39 heavy (non-hydrogen) atoms. The van der Waals surface area contributed by atoms with E-state index in [0.717, 1.165) is 32.1 Å². The van der Waals surface area contributed by atoms with E-state index in [9.17, 15) is 18.0 Å². The molecule has 0 aromatic carbocycles. The van der Waals surface area contributed by atoms with Crippen LogP contribution >= 0.6 is 0 Å². The number of rotatable bonds is 10. The topological polar surface area (TPSA) is 141 Å². The van der Waals surface area contributed by atoms with Crippen molar-refractivity contribution >= 4 is 28.2 Å². The van der Waals surface area contributed by atoms with Crippen molar-refractivity contribution in [3.8, 4) is 5.88 Å². The van der Waals surface area contributed by atoms with Crippen LogP contribution in [0.5, 0.6) is 5.88 Å². The maximum atomic E-state index is 13.7. The van der Waals surface area contributed by atoms with Gasteiger partial charge in [-0.25, -0.2) is 22.6 Å². The van der Waals surface area contributed by atoms with Gasteiger partial charge in [0, 0.05) is 18.3 Å². The van der Waals surface area contributed by atoms with Gasteiger partial charge in [0.2, 0.25) is 15.9 Å². The quantitative estimate of drug-likeness (QED) is 0.396. The zero-order chi connectivity index (χ0) is 28.5. The third-order valence-electron chi connectivity index (χ3n) is 8.14. The molecule has 6 atom stereocenters. The summed E-state index contributed by atoms with van der Waals surface area (Å²) in [6, 6.07) is -0.124. The Kier molecular flexibility index (Phi) is 8.65. The van der Waals surface area contributed by atoms with Crippen molar-refractivity contribution in [2.75, 3.05) is 20.0 Å². The smallest absolute Gasteiger partial charge is 0.407 e. The lowest BCUT2D eigenvalue weighted by Gasteiger charge is -2.38. The molecule has 1 aromatic heterocycles. The summed E-state index contributed by atoms with van der Waals surface area (Å²) in [5.41, 5.74) is -0.385. The highest BCUT2D eigenvalue weighted by molar-refractivity contribution is 7.88. The molecule has 11 nitrogen and oxygen atoms in total.